The number of amides is 3. The molecule has 2 rings (SSSR count). The van der Waals surface area contributed by atoms with Gasteiger partial charge in [-0.05, 0) is 12.1 Å². The van der Waals surface area contributed by atoms with Crippen molar-refractivity contribution in [1.82, 2.24) is 9.80 Å². The lowest BCUT2D eigenvalue weighted by Gasteiger charge is -2.33. The van der Waals surface area contributed by atoms with Crippen molar-refractivity contribution < 1.29 is 27.6 Å². The van der Waals surface area contributed by atoms with Crippen molar-refractivity contribution in [2.45, 2.75) is 19.5 Å². The van der Waals surface area contributed by atoms with E-state index in [0.717, 1.165) is 11.0 Å². The topological polar surface area (TPSA) is 60.9 Å². The highest BCUT2D eigenvalue weighted by Gasteiger charge is 2.35. The molecular formula is C17H20F3N3O3. The number of carbonyl (C=O) groups is 3. The number of benzene rings is 1. The van der Waals surface area contributed by atoms with E-state index < -0.39 is 17.6 Å². The van der Waals surface area contributed by atoms with Crippen LogP contribution in [0.2, 0.25) is 0 Å². The summed E-state index contributed by atoms with van der Waals surface area (Å²) in [5, 5.41) is 0. The molecule has 0 N–H and O–H groups in total. The standard InChI is InChI=1S/C17H20F3N3O3/c1-13(25)23(15-5-3-2-4-14(15)17(18,19)20)7-6-16(26)22-10-8-21(12-24)9-11-22/h2-5,12H,6-11H2,1H3. The number of carbonyl (C=O) groups excluding carboxylic acids is 3. The van der Waals surface area contributed by atoms with Crippen LogP contribution < -0.4 is 4.90 Å². The molecule has 0 aliphatic carbocycles. The van der Waals surface area contributed by atoms with Gasteiger partial charge in [0.25, 0.3) is 0 Å². The van der Waals surface area contributed by atoms with Gasteiger partial charge in [0.2, 0.25) is 18.2 Å². The molecule has 1 aromatic rings. The first kappa shape index (κ1) is 19.7. The number of hydrogen-bond acceptors (Lipinski definition) is 3. The van der Waals surface area contributed by atoms with Crippen molar-refractivity contribution in [2.75, 3.05) is 37.6 Å². The van der Waals surface area contributed by atoms with Crippen LogP contribution >= 0.6 is 0 Å². The first-order valence-corrected chi connectivity index (χ1v) is 8.15. The average molecular weight is 371 g/mol. The maximum atomic E-state index is 13.2. The first-order valence-electron chi connectivity index (χ1n) is 8.15. The fraction of sp³-hybridized carbons (Fsp3) is 0.471. The summed E-state index contributed by atoms with van der Waals surface area (Å²) >= 11 is 0. The summed E-state index contributed by atoms with van der Waals surface area (Å²) in [6.07, 6.45) is -3.97. The summed E-state index contributed by atoms with van der Waals surface area (Å²) in [7, 11) is 0. The van der Waals surface area contributed by atoms with E-state index in [1.165, 1.54) is 25.1 Å². The molecule has 142 valence electrons. The molecule has 1 heterocycles. The molecule has 1 aliphatic heterocycles. The van der Waals surface area contributed by atoms with Crippen molar-refractivity contribution in [1.29, 1.82) is 0 Å². The highest BCUT2D eigenvalue weighted by atomic mass is 19.4. The molecule has 6 nitrogen and oxygen atoms in total. The molecule has 26 heavy (non-hydrogen) atoms. The van der Waals surface area contributed by atoms with Crippen LogP contribution in [-0.2, 0) is 20.6 Å². The molecule has 0 atom stereocenters. The Balaban J connectivity index is 2.07. The smallest absolute Gasteiger partial charge is 0.342 e. The highest BCUT2D eigenvalue weighted by molar-refractivity contribution is 5.93. The Labute approximate surface area is 149 Å². The molecule has 1 saturated heterocycles. The number of nitrogens with zero attached hydrogens (tertiary/aromatic N) is 3. The Bertz CT molecular complexity index is 671. The van der Waals surface area contributed by atoms with Crippen LogP contribution in [0.15, 0.2) is 24.3 Å². The van der Waals surface area contributed by atoms with Gasteiger partial charge in [-0.3, -0.25) is 14.4 Å². The van der Waals surface area contributed by atoms with E-state index in [0.29, 0.717) is 32.6 Å². The minimum absolute atomic E-state index is 0.0904. The molecule has 0 aromatic heterocycles. The molecule has 3 amide bonds. The summed E-state index contributed by atoms with van der Waals surface area (Å²) in [5.41, 5.74) is -1.17. The van der Waals surface area contributed by atoms with Gasteiger partial charge in [-0.25, -0.2) is 0 Å². The molecule has 9 heteroatoms. The van der Waals surface area contributed by atoms with Gasteiger partial charge in [0, 0.05) is 46.1 Å². The van der Waals surface area contributed by atoms with Gasteiger partial charge in [0.05, 0.1) is 11.3 Å². The van der Waals surface area contributed by atoms with E-state index in [-0.39, 0.29) is 24.6 Å². The third-order valence-corrected chi connectivity index (χ3v) is 4.25. The number of anilines is 1. The zero-order valence-electron chi connectivity index (χ0n) is 14.3. The average Bonchev–Trinajstić information content (AvgIpc) is 2.61. The van der Waals surface area contributed by atoms with E-state index in [4.69, 9.17) is 0 Å². The zero-order chi connectivity index (χ0) is 19.3. The van der Waals surface area contributed by atoms with E-state index in [1.807, 2.05) is 0 Å². The summed E-state index contributed by atoms with van der Waals surface area (Å²) in [5.74, 6) is -0.827. The van der Waals surface area contributed by atoms with Crippen molar-refractivity contribution in [3.05, 3.63) is 29.8 Å². The highest BCUT2D eigenvalue weighted by Crippen LogP contribution is 2.36. The van der Waals surface area contributed by atoms with Crippen LogP contribution in [0.1, 0.15) is 18.9 Å². The second kappa shape index (κ2) is 8.20. The third-order valence-electron chi connectivity index (χ3n) is 4.25. The van der Waals surface area contributed by atoms with Crippen molar-refractivity contribution in [2.24, 2.45) is 0 Å². The fourth-order valence-electron chi connectivity index (χ4n) is 2.84. The van der Waals surface area contributed by atoms with Crippen molar-refractivity contribution >= 4 is 23.9 Å². The Hall–Kier alpha value is -2.58. The van der Waals surface area contributed by atoms with Crippen LogP contribution in [0, 0.1) is 0 Å². The van der Waals surface area contributed by atoms with E-state index in [2.05, 4.69) is 0 Å². The lowest BCUT2D eigenvalue weighted by molar-refractivity contribution is -0.137. The van der Waals surface area contributed by atoms with Crippen molar-refractivity contribution in [3.8, 4) is 0 Å². The predicted octanol–water partition coefficient (Wildman–Crippen LogP) is 1.75. The third kappa shape index (κ3) is 4.74. The van der Waals surface area contributed by atoms with Gasteiger partial charge in [-0.15, -0.1) is 0 Å². The van der Waals surface area contributed by atoms with Crippen LogP contribution in [0.3, 0.4) is 0 Å². The Kier molecular flexibility index (Phi) is 6.23. The molecule has 0 unspecified atom stereocenters. The molecule has 0 saturated carbocycles. The van der Waals surface area contributed by atoms with Gasteiger partial charge in [0.15, 0.2) is 0 Å². The molecule has 1 aromatic carbocycles. The quantitative estimate of drug-likeness (QED) is 0.741. The number of para-hydroxylation sites is 1. The van der Waals surface area contributed by atoms with E-state index >= 15 is 0 Å². The Morgan fingerprint density at radius 2 is 1.77 bits per heavy atom. The second-order valence-corrected chi connectivity index (χ2v) is 5.96. The summed E-state index contributed by atoms with van der Waals surface area (Å²) in [4.78, 5) is 38.9. The van der Waals surface area contributed by atoms with Crippen LogP contribution in [0.5, 0.6) is 0 Å². The molecular weight excluding hydrogens is 351 g/mol. The fourth-order valence-corrected chi connectivity index (χ4v) is 2.84. The first-order chi connectivity index (χ1) is 12.2. The van der Waals surface area contributed by atoms with Gasteiger partial charge >= 0.3 is 6.18 Å². The monoisotopic (exact) mass is 371 g/mol. The van der Waals surface area contributed by atoms with Crippen LogP contribution in [0.4, 0.5) is 18.9 Å². The summed E-state index contributed by atoms with van der Waals surface area (Å²) in [6, 6.07) is 4.80. The van der Waals surface area contributed by atoms with E-state index in [1.54, 1.807) is 9.80 Å². The Morgan fingerprint density at radius 3 is 2.31 bits per heavy atom. The number of hydrogen-bond donors (Lipinski definition) is 0. The van der Waals surface area contributed by atoms with Gasteiger partial charge < -0.3 is 14.7 Å². The largest absolute Gasteiger partial charge is 0.418 e. The number of rotatable bonds is 5. The summed E-state index contributed by atoms with van der Waals surface area (Å²) in [6.45, 7) is 2.61. The number of halogens is 3. The molecule has 1 fully saturated rings. The molecule has 0 radical (unpaired) electrons. The lowest BCUT2D eigenvalue weighted by atomic mass is 10.1. The zero-order valence-corrected chi connectivity index (χ0v) is 14.3. The maximum Gasteiger partial charge on any atom is 0.418 e. The number of piperazine rings is 1. The Morgan fingerprint density at radius 1 is 1.15 bits per heavy atom. The normalized spacial score (nSPS) is 14.9. The van der Waals surface area contributed by atoms with Crippen molar-refractivity contribution in [3.63, 3.8) is 0 Å². The van der Waals surface area contributed by atoms with Gasteiger partial charge in [0.1, 0.15) is 0 Å². The second-order valence-electron chi connectivity index (χ2n) is 5.96. The van der Waals surface area contributed by atoms with E-state index in [9.17, 15) is 27.6 Å². The molecule has 1 aliphatic rings. The van der Waals surface area contributed by atoms with Gasteiger partial charge in [-0.1, -0.05) is 12.1 Å². The van der Waals surface area contributed by atoms with Crippen LogP contribution in [0.25, 0.3) is 0 Å². The summed E-state index contributed by atoms with van der Waals surface area (Å²) < 4.78 is 39.6. The minimum atomic E-state index is -4.60. The molecule has 0 spiro atoms. The SMILES string of the molecule is CC(=O)N(CCC(=O)N1CCN(C=O)CC1)c1ccccc1C(F)(F)F. The minimum Gasteiger partial charge on any atom is -0.342 e. The molecule has 0 bridgehead atoms. The maximum absolute atomic E-state index is 13.2. The number of alkyl halides is 3. The predicted molar refractivity (Wildman–Crippen MR) is 88.3 cm³/mol. The van der Waals surface area contributed by atoms with Gasteiger partial charge in [-0.2, -0.15) is 13.2 Å². The lowest BCUT2D eigenvalue weighted by Crippen LogP contribution is -2.48. The van der Waals surface area contributed by atoms with Crippen LogP contribution in [-0.4, -0.2) is 60.7 Å².